The smallest absolute Gasteiger partial charge is 0.314 e. The van der Waals surface area contributed by atoms with E-state index in [0.29, 0.717) is 6.54 Å². The second-order valence-electron chi connectivity index (χ2n) is 2.82. The van der Waals surface area contributed by atoms with E-state index in [2.05, 4.69) is 16.7 Å². The third-order valence-electron chi connectivity index (χ3n) is 1.91. The highest BCUT2D eigenvalue weighted by Gasteiger charge is 2.43. The molecule has 1 fully saturated rings. The van der Waals surface area contributed by atoms with Crippen LogP contribution in [0.2, 0.25) is 0 Å². The number of amides is 2. The van der Waals surface area contributed by atoms with Crippen molar-refractivity contribution in [2.45, 2.75) is 12.8 Å². The highest BCUT2D eigenvalue weighted by Crippen LogP contribution is 2.43. The Bertz CT molecular complexity index is 202. The molecule has 0 aromatic rings. The first kappa shape index (κ1) is 7.86. The molecule has 0 spiro atoms. The van der Waals surface area contributed by atoms with Crippen molar-refractivity contribution >= 4 is 6.03 Å². The van der Waals surface area contributed by atoms with Gasteiger partial charge in [-0.05, 0) is 12.8 Å². The minimum Gasteiger partial charge on any atom is -0.341 e. The van der Waals surface area contributed by atoms with Gasteiger partial charge in [0.25, 0.3) is 0 Å². The van der Waals surface area contributed by atoms with E-state index < -0.39 is 0 Å². The number of hydrogen-bond acceptors (Lipinski definition) is 2. The Morgan fingerprint density at radius 1 is 1.73 bits per heavy atom. The van der Waals surface area contributed by atoms with E-state index in [1.807, 2.05) is 0 Å². The zero-order valence-corrected chi connectivity index (χ0v) is 6.48. The second-order valence-corrected chi connectivity index (χ2v) is 2.82. The summed E-state index contributed by atoms with van der Waals surface area (Å²) in [6.45, 7) is 0.475. The molecule has 0 heterocycles. The van der Waals surface area contributed by atoms with Gasteiger partial charge in [0.2, 0.25) is 0 Å². The van der Waals surface area contributed by atoms with Crippen LogP contribution in [0.15, 0.2) is 0 Å². The molecule has 0 aliphatic heterocycles. The van der Waals surface area contributed by atoms with Gasteiger partial charge in [-0.3, -0.25) is 0 Å². The van der Waals surface area contributed by atoms with Gasteiger partial charge in [-0.1, -0.05) is 0 Å². The van der Waals surface area contributed by atoms with Crippen LogP contribution in [0.4, 0.5) is 4.79 Å². The van der Waals surface area contributed by atoms with Crippen LogP contribution in [-0.2, 0) is 0 Å². The van der Waals surface area contributed by atoms with Gasteiger partial charge in [-0.25, -0.2) is 4.79 Å². The van der Waals surface area contributed by atoms with Crippen molar-refractivity contribution in [1.29, 1.82) is 5.26 Å². The monoisotopic (exact) mass is 153 g/mol. The van der Waals surface area contributed by atoms with E-state index in [1.54, 1.807) is 7.05 Å². The van der Waals surface area contributed by atoms with Crippen molar-refractivity contribution in [1.82, 2.24) is 10.6 Å². The Labute approximate surface area is 65.6 Å². The van der Waals surface area contributed by atoms with Crippen molar-refractivity contribution in [3.05, 3.63) is 0 Å². The molecule has 0 aromatic carbocycles. The van der Waals surface area contributed by atoms with Gasteiger partial charge in [-0.15, -0.1) is 0 Å². The first-order valence-electron chi connectivity index (χ1n) is 3.59. The van der Waals surface area contributed by atoms with Crippen LogP contribution >= 0.6 is 0 Å². The van der Waals surface area contributed by atoms with Crippen LogP contribution in [0.25, 0.3) is 0 Å². The number of hydrogen-bond donors (Lipinski definition) is 2. The molecule has 2 amide bonds. The standard InChI is InChI=1S/C7H11N3O/c1-9-6(11)10-5-7(4-8)2-3-7/h2-3,5H2,1H3,(H2,9,10,11). The SMILES string of the molecule is CNC(=O)NCC1(C#N)CC1. The topological polar surface area (TPSA) is 64.9 Å². The van der Waals surface area contributed by atoms with Gasteiger partial charge in [-0.2, -0.15) is 5.26 Å². The van der Waals surface area contributed by atoms with E-state index in [4.69, 9.17) is 5.26 Å². The Balaban J connectivity index is 2.23. The minimum absolute atomic E-state index is 0.216. The summed E-state index contributed by atoms with van der Waals surface area (Å²) in [5, 5.41) is 13.7. The van der Waals surface area contributed by atoms with E-state index in [1.165, 1.54) is 0 Å². The average molecular weight is 153 g/mol. The molecule has 4 nitrogen and oxygen atoms in total. The van der Waals surface area contributed by atoms with Crippen LogP contribution in [0.3, 0.4) is 0 Å². The number of nitrogens with one attached hydrogen (secondary N) is 2. The fraction of sp³-hybridized carbons (Fsp3) is 0.714. The quantitative estimate of drug-likeness (QED) is 0.596. The average Bonchev–Trinajstić information content (AvgIpc) is 2.81. The second kappa shape index (κ2) is 2.79. The molecule has 11 heavy (non-hydrogen) atoms. The fourth-order valence-electron chi connectivity index (χ4n) is 0.817. The highest BCUT2D eigenvalue weighted by atomic mass is 16.2. The van der Waals surface area contributed by atoms with E-state index in [-0.39, 0.29) is 11.4 Å². The lowest BCUT2D eigenvalue weighted by atomic mass is 10.1. The Kier molecular flexibility index (Phi) is 1.99. The predicted octanol–water partition coefficient (Wildman–Crippen LogP) is 0.219. The van der Waals surface area contributed by atoms with E-state index in [9.17, 15) is 4.79 Å². The molecule has 0 aromatic heterocycles. The maximum absolute atomic E-state index is 10.7. The molecule has 1 aliphatic carbocycles. The van der Waals surface area contributed by atoms with Crippen molar-refractivity contribution in [3.8, 4) is 6.07 Å². The van der Waals surface area contributed by atoms with Gasteiger partial charge >= 0.3 is 6.03 Å². The molecule has 0 unspecified atom stereocenters. The zero-order chi connectivity index (χ0) is 8.32. The third-order valence-corrected chi connectivity index (χ3v) is 1.91. The van der Waals surface area contributed by atoms with Gasteiger partial charge in [0.05, 0.1) is 11.5 Å². The largest absolute Gasteiger partial charge is 0.341 e. The first-order valence-corrected chi connectivity index (χ1v) is 3.59. The van der Waals surface area contributed by atoms with Crippen LogP contribution in [-0.4, -0.2) is 19.6 Å². The summed E-state index contributed by atoms with van der Waals surface area (Å²) in [6, 6.07) is 1.97. The van der Waals surface area contributed by atoms with Crippen LogP contribution in [0.1, 0.15) is 12.8 Å². The summed E-state index contributed by atoms with van der Waals surface area (Å²) in [5.41, 5.74) is -0.244. The Morgan fingerprint density at radius 2 is 2.36 bits per heavy atom. The zero-order valence-electron chi connectivity index (χ0n) is 6.48. The van der Waals surface area contributed by atoms with Gasteiger partial charge in [0, 0.05) is 13.6 Å². The summed E-state index contributed by atoms with van der Waals surface area (Å²) < 4.78 is 0. The predicted molar refractivity (Wildman–Crippen MR) is 39.7 cm³/mol. The first-order chi connectivity index (χ1) is 5.22. The fourth-order valence-corrected chi connectivity index (χ4v) is 0.817. The molecule has 1 rings (SSSR count). The summed E-state index contributed by atoms with van der Waals surface area (Å²) >= 11 is 0. The van der Waals surface area contributed by atoms with E-state index in [0.717, 1.165) is 12.8 Å². The van der Waals surface area contributed by atoms with Crippen LogP contribution in [0.5, 0.6) is 0 Å². The number of carbonyl (C=O) groups is 1. The van der Waals surface area contributed by atoms with E-state index >= 15 is 0 Å². The molecule has 0 radical (unpaired) electrons. The molecular weight excluding hydrogens is 142 g/mol. The van der Waals surface area contributed by atoms with Gasteiger partial charge in [0.1, 0.15) is 0 Å². The van der Waals surface area contributed by atoms with Gasteiger partial charge < -0.3 is 10.6 Å². The van der Waals surface area contributed by atoms with Crippen molar-refractivity contribution < 1.29 is 4.79 Å². The molecule has 60 valence electrons. The van der Waals surface area contributed by atoms with Crippen LogP contribution in [0, 0.1) is 16.7 Å². The van der Waals surface area contributed by atoms with Crippen LogP contribution < -0.4 is 10.6 Å². The number of carbonyl (C=O) groups excluding carboxylic acids is 1. The Hall–Kier alpha value is -1.24. The summed E-state index contributed by atoms with van der Waals surface area (Å²) in [5.74, 6) is 0. The highest BCUT2D eigenvalue weighted by molar-refractivity contribution is 5.73. The molecule has 2 N–H and O–H groups in total. The summed E-state index contributed by atoms with van der Waals surface area (Å²) in [6.07, 6.45) is 1.82. The minimum atomic E-state index is -0.244. The third kappa shape index (κ3) is 1.84. The molecule has 0 atom stereocenters. The molecule has 0 saturated heterocycles. The lowest BCUT2D eigenvalue weighted by Gasteiger charge is -2.06. The van der Waals surface area contributed by atoms with Crippen molar-refractivity contribution in [2.75, 3.05) is 13.6 Å². The van der Waals surface area contributed by atoms with Gasteiger partial charge in [0.15, 0.2) is 0 Å². The number of rotatable bonds is 2. The van der Waals surface area contributed by atoms with Crippen molar-refractivity contribution in [2.24, 2.45) is 5.41 Å². The lowest BCUT2D eigenvalue weighted by Crippen LogP contribution is -2.36. The number of urea groups is 1. The number of nitriles is 1. The molecule has 4 heteroatoms. The molecule has 1 saturated carbocycles. The maximum Gasteiger partial charge on any atom is 0.314 e. The molecule has 0 bridgehead atoms. The summed E-state index contributed by atoms with van der Waals surface area (Å²) in [7, 11) is 1.56. The number of nitrogens with zero attached hydrogens (tertiary/aromatic N) is 1. The molecular formula is C7H11N3O. The normalized spacial score (nSPS) is 18.2. The maximum atomic E-state index is 10.7. The Morgan fingerprint density at radius 3 is 2.73 bits per heavy atom. The van der Waals surface area contributed by atoms with Crippen molar-refractivity contribution in [3.63, 3.8) is 0 Å². The molecule has 1 aliphatic rings. The summed E-state index contributed by atoms with van der Waals surface area (Å²) in [4.78, 5) is 10.7. The lowest BCUT2D eigenvalue weighted by molar-refractivity contribution is 0.241.